The van der Waals surface area contributed by atoms with Crippen LogP contribution in [0, 0.1) is 0 Å². The number of hydrogen-bond donors (Lipinski definition) is 1. The van der Waals surface area contributed by atoms with E-state index in [1.165, 1.54) is 7.11 Å². The van der Waals surface area contributed by atoms with Gasteiger partial charge in [-0.3, -0.25) is 4.79 Å². The standard InChI is InChI=1S/C13H19NO4/c1-3-17-11-6-4-5-10(9-14)13(11)18-8-7-12(15)16-2/h4-6H,3,7-9,14H2,1-2H3. The Kier molecular flexibility index (Phi) is 6.00. The second-order valence-electron chi connectivity index (χ2n) is 3.56. The van der Waals surface area contributed by atoms with Gasteiger partial charge < -0.3 is 19.9 Å². The molecule has 0 aromatic heterocycles. The molecule has 0 aliphatic carbocycles. The highest BCUT2D eigenvalue weighted by molar-refractivity contribution is 5.69. The minimum absolute atomic E-state index is 0.195. The number of para-hydroxylation sites is 1. The molecule has 0 unspecified atom stereocenters. The second kappa shape index (κ2) is 7.55. The smallest absolute Gasteiger partial charge is 0.308 e. The van der Waals surface area contributed by atoms with Crippen molar-refractivity contribution in [1.82, 2.24) is 0 Å². The summed E-state index contributed by atoms with van der Waals surface area (Å²) in [7, 11) is 1.35. The predicted octanol–water partition coefficient (Wildman–Crippen LogP) is 1.49. The average molecular weight is 253 g/mol. The molecule has 5 heteroatoms. The van der Waals surface area contributed by atoms with Crippen molar-refractivity contribution in [2.45, 2.75) is 19.9 Å². The quantitative estimate of drug-likeness (QED) is 0.745. The van der Waals surface area contributed by atoms with Crippen molar-refractivity contribution in [2.24, 2.45) is 5.73 Å². The lowest BCUT2D eigenvalue weighted by Gasteiger charge is -2.14. The molecule has 0 bridgehead atoms. The van der Waals surface area contributed by atoms with Gasteiger partial charge in [0.15, 0.2) is 11.5 Å². The minimum Gasteiger partial charge on any atom is -0.490 e. The van der Waals surface area contributed by atoms with E-state index < -0.39 is 0 Å². The number of ether oxygens (including phenoxy) is 3. The highest BCUT2D eigenvalue weighted by atomic mass is 16.5. The summed E-state index contributed by atoms with van der Waals surface area (Å²) < 4.78 is 15.6. The molecule has 1 rings (SSSR count). The van der Waals surface area contributed by atoms with Crippen LogP contribution in [0.2, 0.25) is 0 Å². The highest BCUT2D eigenvalue weighted by Gasteiger charge is 2.10. The topological polar surface area (TPSA) is 70.8 Å². The van der Waals surface area contributed by atoms with Gasteiger partial charge in [-0.15, -0.1) is 0 Å². The van der Waals surface area contributed by atoms with Gasteiger partial charge in [-0.2, -0.15) is 0 Å². The zero-order chi connectivity index (χ0) is 13.4. The molecule has 0 saturated carbocycles. The molecule has 18 heavy (non-hydrogen) atoms. The lowest BCUT2D eigenvalue weighted by Crippen LogP contribution is -2.10. The number of carbonyl (C=O) groups is 1. The number of esters is 1. The average Bonchev–Trinajstić information content (AvgIpc) is 2.40. The monoisotopic (exact) mass is 253 g/mol. The maximum Gasteiger partial charge on any atom is 0.308 e. The Labute approximate surface area is 107 Å². The second-order valence-corrected chi connectivity index (χ2v) is 3.56. The van der Waals surface area contributed by atoms with Crippen molar-refractivity contribution >= 4 is 5.97 Å². The van der Waals surface area contributed by atoms with Crippen LogP contribution in [-0.2, 0) is 16.1 Å². The summed E-state index contributed by atoms with van der Waals surface area (Å²) in [6.07, 6.45) is 0.195. The van der Waals surface area contributed by atoms with Gasteiger partial charge >= 0.3 is 5.97 Å². The third-order valence-corrected chi connectivity index (χ3v) is 2.36. The lowest BCUT2D eigenvalue weighted by atomic mass is 10.2. The third-order valence-electron chi connectivity index (χ3n) is 2.36. The van der Waals surface area contributed by atoms with Crippen LogP contribution in [0.1, 0.15) is 18.9 Å². The summed E-state index contributed by atoms with van der Waals surface area (Å²) in [6.45, 7) is 3.03. The predicted molar refractivity (Wildman–Crippen MR) is 67.6 cm³/mol. The van der Waals surface area contributed by atoms with Crippen LogP contribution in [0.15, 0.2) is 18.2 Å². The van der Waals surface area contributed by atoms with Gasteiger partial charge in [-0.25, -0.2) is 0 Å². The third kappa shape index (κ3) is 3.92. The molecule has 0 aliphatic rings. The van der Waals surface area contributed by atoms with Crippen LogP contribution in [0.25, 0.3) is 0 Å². The molecule has 2 N–H and O–H groups in total. The van der Waals surface area contributed by atoms with E-state index in [-0.39, 0.29) is 19.0 Å². The van der Waals surface area contributed by atoms with Gasteiger partial charge in [0.2, 0.25) is 0 Å². The first-order valence-corrected chi connectivity index (χ1v) is 5.87. The molecule has 0 fully saturated rings. The van der Waals surface area contributed by atoms with Gasteiger partial charge in [0.25, 0.3) is 0 Å². The summed E-state index contributed by atoms with van der Waals surface area (Å²) in [5, 5.41) is 0. The lowest BCUT2D eigenvalue weighted by molar-refractivity contribution is -0.141. The summed E-state index contributed by atoms with van der Waals surface area (Å²) in [4.78, 5) is 11.0. The Morgan fingerprint density at radius 3 is 2.72 bits per heavy atom. The normalized spacial score (nSPS) is 9.94. The maximum absolute atomic E-state index is 11.0. The summed E-state index contributed by atoms with van der Waals surface area (Å²) in [5.74, 6) is 0.939. The number of carbonyl (C=O) groups excluding carboxylic acids is 1. The van der Waals surface area contributed by atoms with Crippen LogP contribution in [0.5, 0.6) is 11.5 Å². The van der Waals surface area contributed by atoms with Gasteiger partial charge in [-0.1, -0.05) is 12.1 Å². The molecule has 1 aromatic carbocycles. The first-order valence-electron chi connectivity index (χ1n) is 5.87. The van der Waals surface area contributed by atoms with Crippen LogP contribution in [-0.4, -0.2) is 26.3 Å². The summed E-state index contributed by atoms with van der Waals surface area (Å²) in [6, 6.07) is 5.55. The Hall–Kier alpha value is -1.75. The summed E-state index contributed by atoms with van der Waals surface area (Å²) in [5.41, 5.74) is 6.50. The van der Waals surface area contributed by atoms with Crippen molar-refractivity contribution in [1.29, 1.82) is 0 Å². The van der Waals surface area contributed by atoms with Gasteiger partial charge in [0.1, 0.15) is 0 Å². The number of methoxy groups -OCH3 is 1. The van der Waals surface area contributed by atoms with E-state index in [1.54, 1.807) is 0 Å². The molecule has 1 aromatic rings. The molecule has 0 aliphatic heterocycles. The minimum atomic E-state index is -0.307. The van der Waals surface area contributed by atoms with Crippen LogP contribution < -0.4 is 15.2 Å². The molecule has 5 nitrogen and oxygen atoms in total. The Balaban J connectivity index is 2.74. The number of benzene rings is 1. The van der Waals surface area contributed by atoms with E-state index in [2.05, 4.69) is 4.74 Å². The van der Waals surface area contributed by atoms with E-state index in [1.807, 2.05) is 25.1 Å². The Morgan fingerprint density at radius 2 is 2.11 bits per heavy atom. The van der Waals surface area contributed by atoms with Crippen molar-refractivity contribution in [3.05, 3.63) is 23.8 Å². The van der Waals surface area contributed by atoms with E-state index in [0.29, 0.717) is 24.7 Å². The van der Waals surface area contributed by atoms with Crippen LogP contribution in [0.3, 0.4) is 0 Å². The Morgan fingerprint density at radius 1 is 1.33 bits per heavy atom. The Bertz CT molecular complexity index is 393. The fourth-order valence-corrected chi connectivity index (χ4v) is 1.49. The van der Waals surface area contributed by atoms with Crippen molar-refractivity contribution < 1.29 is 19.0 Å². The van der Waals surface area contributed by atoms with E-state index in [9.17, 15) is 4.79 Å². The zero-order valence-electron chi connectivity index (χ0n) is 10.8. The van der Waals surface area contributed by atoms with E-state index in [0.717, 1.165) is 5.56 Å². The van der Waals surface area contributed by atoms with E-state index >= 15 is 0 Å². The molecule has 0 heterocycles. The molecule has 100 valence electrons. The highest BCUT2D eigenvalue weighted by Crippen LogP contribution is 2.31. The molecule has 0 saturated heterocycles. The van der Waals surface area contributed by atoms with Gasteiger partial charge in [-0.05, 0) is 13.0 Å². The number of hydrogen-bond acceptors (Lipinski definition) is 5. The van der Waals surface area contributed by atoms with Gasteiger partial charge in [0, 0.05) is 12.1 Å². The van der Waals surface area contributed by atoms with Crippen LogP contribution >= 0.6 is 0 Å². The number of nitrogens with two attached hydrogens (primary N) is 1. The fourth-order valence-electron chi connectivity index (χ4n) is 1.49. The molecular formula is C13H19NO4. The summed E-state index contributed by atoms with van der Waals surface area (Å²) >= 11 is 0. The van der Waals surface area contributed by atoms with Crippen molar-refractivity contribution in [2.75, 3.05) is 20.3 Å². The first-order chi connectivity index (χ1) is 8.72. The maximum atomic E-state index is 11.0. The fraction of sp³-hybridized carbons (Fsp3) is 0.462. The van der Waals surface area contributed by atoms with E-state index in [4.69, 9.17) is 15.2 Å². The molecule has 0 radical (unpaired) electrons. The van der Waals surface area contributed by atoms with Crippen molar-refractivity contribution in [3.8, 4) is 11.5 Å². The molecular weight excluding hydrogens is 234 g/mol. The SMILES string of the molecule is CCOc1cccc(CN)c1OCCC(=O)OC. The van der Waals surface area contributed by atoms with Crippen LogP contribution in [0.4, 0.5) is 0 Å². The largest absolute Gasteiger partial charge is 0.490 e. The van der Waals surface area contributed by atoms with Crippen molar-refractivity contribution in [3.63, 3.8) is 0 Å². The molecule has 0 amide bonds. The molecule has 0 spiro atoms. The van der Waals surface area contributed by atoms with Gasteiger partial charge in [0.05, 0.1) is 26.7 Å². The first kappa shape index (κ1) is 14.3. The molecule has 0 atom stereocenters. The zero-order valence-corrected chi connectivity index (χ0v) is 10.8. The number of rotatable bonds is 7.